The molecule has 1 aliphatic rings. The number of nitrogens with zero attached hydrogens (tertiary/aromatic N) is 3. The monoisotopic (exact) mass is 397 g/mol. The van der Waals surface area contributed by atoms with Crippen molar-refractivity contribution in [3.8, 4) is 17.1 Å². The molecule has 29 heavy (non-hydrogen) atoms. The second-order valence-corrected chi connectivity index (χ2v) is 7.51. The number of nitrogens with one attached hydrogen (secondary N) is 2. The van der Waals surface area contributed by atoms with Gasteiger partial charge in [0.2, 0.25) is 5.88 Å². The molecule has 0 spiro atoms. The summed E-state index contributed by atoms with van der Waals surface area (Å²) >= 11 is 0. The Bertz CT molecular complexity index is 1000. The van der Waals surface area contributed by atoms with Crippen LogP contribution in [0, 0.1) is 0 Å². The minimum Gasteiger partial charge on any atom is -0.474 e. The molecule has 0 radical (unpaired) electrons. The molecule has 0 atom stereocenters. The average molecular weight is 397 g/mol. The summed E-state index contributed by atoms with van der Waals surface area (Å²) in [5, 5.41) is 11.3. The number of ether oxygens (including phenoxy) is 2. The smallest absolute Gasteiger partial charge is 0.267 e. The number of pyridine rings is 1. The number of fused-ring (bicyclic) bond motifs is 1. The highest BCUT2D eigenvalue weighted by atomic mass is 16.5. The summed E-state index contributed by atoms with van der Waals surface area (Å²) in [6.45, 7) is 7.99. The van der Waals surface area contributed by atoms with E-state index in [1.54, 1.807) is 6.20 Å². The Morgan fingerprint density at radius 3 is 2.93 bits per heavy atom. The van der Waals surface area contributed by atoms with E-state index in [0.717, 1.165) is 35.0 Å². The van der Waals surface area contributed by atoms with Gasteiger partial charge in [-0.2, -0.15) is 5.10 Å². The van der Waals surface area contributed by atoms with Crippen LogP contribution >= 0.6 is 0 Å². The predicted octanol–water partition coefficient (Wildman–Crippen LogP) is 3.31. The van der Waals surface area contributed by atoms with Gasteiger partial charge in [0.1, 0.15) is 17.5 Å². The maximum absolute atomic E-state index is 12.5. The van der Waals surface area contributed by atoms with Crippen molar-refractivity contribution in [2.75, 3.05) is 19.8 Å². The largest absolute Gasteiger partial charge is 0.474 e. The highest BCUT2D eigenvalue weighted by Crippen LogP contribution is 2.34. The van der Waals surface area contributed by atoms with Gasteiger partial charge in [-0.25, -0.2) is 4.98 Å². The molecule has 4 heterocycles. The summed E-state index contributed by atoms with van der Waals surface area (Å²) in [6, 6.07) is 3.90. The second-order valence-electron chi connectivity index (χ2n) is 7.51. The first-order valence-corrected chi connectivity index (χ1v) is 10.2. The Kier molecular flexibility index (Phi) is 5.53. The van der Waals surface area contributed by atoms with E-state index in [1.807, 2.05) is 29.8 Å². The van der Waals surface area contributed by atoms with Gasteiger partial charge in [-0.05, 0) is 32.9 Å². The van der Waals surface area contributed by atoms with Crippen molar-refractivity contribution in [2.45, 2.75) is 45.8 Å². The minimum absolute atomic E-state index is 0.0794. The van der Waals surface area contributed by atoms with Gasteiger partial charge in [-0.15, -0.1) is 0 Å². The normalized spacial score (nSPS) is 15.2. The molecule has 3 aromatic rings. The quantitative estimate of drug-likeness (QED) is 0.665. The summed E-state index contributed by atoms with van der Waals surface area (Å²) in [6.07, 6.45) is 5.46. The summed E-state index contributed by atoms with van der Waals surface area (Å²) in [4.78, 5) is 17.0. The third kappa shape index (κ3) is 3.85. The van der Waals surface area contributed by atoms with Crippen LogP contribution in [0.3, 0.4) is 0 Å². The predicted molar refractivity (Wildman–Crippen MR) is 110 cm³/mol. The Hall–Kier alpha value is -2.87. The Balaban J connectivity index is 1.76. The zero-order valence-electron chi connectivity index (χ0n) is 17.1. The van der Waals surface area contributed by atoms with Gasteiger partial charge in [0.05, 0.1) is 24.1 Å². The van der Waals surface area contributed by atoms with Crippen molar-refractivity contribution in [2.24, 2.45) is 0 Å². The summed E-state index contributed by atoms with van der Waals surface area (Å²) in [7, 11) is 0. The number of hydrogen-bond donors (Lipinski definition) is 2. The average Bonchev–Trinajstić information content (AvgIpc) is 3.34. The van der Waals surface area contributed by atoms with Gasteiger partial charge >= 0.3 is 0 Å². The molecular formula is C21H27N5O3. The molecular weight excluding hydrogens is 370 g/mol. The van der Waals surface area contributed by atoms with Crippen molar-refractivity contribution in [1.82, 2.24) is 25.1 Å². The number of H-pyrrole nitrogens is 1. The Morgan fingerprint density at radius 2 is 2.21 bits per heavy atom. The van der Waals surface area contributed by atoms with Gasteiger partial charge in [0, 0.05) is 43.4 Å². The Labute approximate surface area is 169 Å². The molecule has 0 aromatic carbocycles. The van der Waals surface area contributed by atoms with Crippen molar-refractivity contribution in [3.63, 3.8) is 0 Å². The standard InChI is InChI=1S/C21H27N5O3/c1-4-22-20(27)17-11-14(12-26(17)13(2)3)19-18-16(24-25-19)5-8-23-21(18)29-15-6-9-28-10-7-15/h5,8,11-13,15H,4,6-7,9-10H2,1-3H3,(H,22,27)(H,24,25). The maximum Gasteiger partial charge on any atom is 0.267 e. The van der Waals surface area contributed by atoms with Crippen LogP contribution in [0.4, 0.5) is 0 Å². The van der Waals surface area contributed by atoms with Crippen molar-refractivity contribution in [1.29, 1.82) is 0 Å². The Morgan fingerprint density at radius 1 is 1.41 bits per heavy atom. The summed E-state index contributed by atoms with van der Waals surface area (Å²) < 4.78 is 13.6. The topological polar surface area (TPSA) is 94.1 Å². The molecule has 0 aliphatic carbocycles. The fourth-order valence-corrected chi connectivity index (χ4v) is 3.66. The number of aromatic nitrogens is 4. The fourth-order valence-electron chi connectivity index (χ4n) is 3.66. The third-order valence-electron chi connectivity index (χ3n) is 5.14. The van der Waals surface area contributed by atoms with Gasteiger partial charge < -0.3 is 19.4 Å². The lowest BCUT2D eigenvalue weighted by molar-refractivity contribution is 0.0244. The van der Waals surface area contributed by atoms with E-state index < -0.39 is 0 Å². The first-order valence-electron chi connectivity index (χ1n) is 10.2. The fraction of sp³-hybridized carbons (Fsp3) is 0.476. The van der Waals surface area contributed by atoms with E-state index >= 15 is 0 Å². The van der Waals surface area contributed by atoms with E-state index in [4.69, 9.17) is 9.47 Å². The molecule has 1 saturated heterocycles. The SMILES string of the molecule is CCNC(=O)c1cc(-c2n[nH]c3ccnc(OC4CCOCC4)c23)cn1C(C)C. The molecule has 8 heteroatoms. The maximum atomic E-state index is 12.5. The van der Waals surface area contributed by atoms with Gasteiger partial charge in [-0.3, -0.25) is 9.89 Å². The molecule has 8 nitrogen and oxygen atoms in total. The van der Waals surface area contributed by atoms with E-state index in [-0.39, 0.29) is 18.1 Å². The molecule has 1 fully saturated rings. The summed E-state index contributed by atoms with van der Waals surface area (Å²) in [5.41, 5.74) is 3.06. The van der Waals surface area contributed by atoms with Crippen LogP contribution in [0.5, 0.6) is 5.88 Å². The van der Waals surface area contributed by atoms with E-state index in [2.05, 4.69) is 34.3 Å². The zero-order valence-corrected chi connectivity index (χ0v) is 17.1. The van der Waals surface area contributed by atoms with Crippen LogP contribution in [0.15, 0.2) is 24.5 Å². The minimum atomic E-state index is -0.0934. The van der Waals surface area contributed by atoms with Crippen LogP contribution in [0.25, 0.3) is 22.2 Å². The number of aromatic amines is 1. The van der Waals surface area contributed by atoms with Gasteiger partial charge in [0.25, 0.3) is 5.91 Å². The summed E-state index contributed by atoms with van der Waals surface area (Å²) in [5.74, 6) is 0.471. The van der Waals surface area contributed by atoms with Gasteiger partial charge in [-0.1, -0.05) is 0 Å². The van der Waals surface area contributed by atoms with Crippen molar-refractivity contribution in [3.05, 3.63) is 30.2 Å². The molecule has 0 unspecified atom stereocenters. The van der Waals surface area contributed by atoms with Crippen molar-refractivity contribution < 1.29 is 14.3 Å². The molecule has 0 bridgehead atoms. The van der Waals surface area contributed by atoms with Crippen LogP contribution in [-0.4, -0.2) is 51.5 Å². The lowest BCUT2D eigenvalue weighted by atomic mass is 10.1. The number of carbonyl (C=O) groups excluding carboxylic acids is 1. The van der Waals surface area contributed by atoms with Crippen molar-refractivity contribution >= 4 is 16.8 Å². The van der Waals surface area contributed by atoms with E-state index in [9.17, 15) is 4.79 Å². The molecule has 154 valence electrons. The highest BCUT2D eigenvalue weighted by Gasteiger charge is 2.23. The third-order valence-corrected chi connectivity index (χ3v) is 5.14. The number of hydrogen-bond acceptors (Lipinski definition) is 5. The highest BCUT2D eigenvalue weighted by molar-refractivity contribution is 5.99. The lowest BCUT2D eigenvalue weighted by Gasteiger charge is -2.23. The van der Waals surface area contributed by atoms with E-state index in [1.165, 1.54) is 0 Å². The van der Waals surface area contributed by atoms with Crippen LogP contribution in [0.2, 0.25) is 0 Å². The van der Waals surface area contributed by atoms with Crippen LogP contribution in [0.1, 0.15) is 50.1 Å². The van der Waals surface area contributed by atoms with E-state index in [0.29, 0.717) is 31.3 Å². The first-order chi connectivity index (χ1) is 14.1. The molecule has 2 N–H and O–H groups in total. The number of rotatable bonds is 6. The lowest BCUT2D eigenvalue weighted by Crippen LogP contribution is -2.26. The molecule has 1 amide bonds. The zero-order chi connectivity index (χ0) is 20.4. The second kappa shape index (κ2) is 8.24. The molecule has 1 aliphatic heterocycles. The van der Waals surface area contributed by atoms with Gasteiger partial charge in [0.15, 0.2) is 0 Å². The van der Waals surface area contributed by atoms with Crippen LogP contribution in [-0.2, 0) is 4.74 Å². The molecule has 4 rings (SSSR count). The number of carbonyl (C=O) groups is 1. The number of amides is 1. The van der Waals surface area contributed by atoms with Crippen LogP contribution < -0.4 is 10.1 Å². The first kappa shape index (κ1) is 19.4. The molecule has 3 aromatic heterocycles. The molecule has 0 saturated carbocycles.